The number of amides is 4. The van der Waals surface area contributed by atoms with Crippen molar-refractivity contribution in [2.24, 2.45) is 5.92 Å². The molecule has 0 aromatic heterocycles. The van der Waals surface area contributed by atoms with Crippen LogP contribution in [0.2, 0.25) is 0 Å². The van der Waals surface area contributed by atoms with Crippen LogP contribution < -0.4 is 0 Å². The topological polar surface area (TPSA) is 60.9 Å². The van der Waals surface area contributed by atoms with Gasteiger partial charge in [-0.1, -0.05) is 26.0 Å². The number of carbonyl (C=O) groups excluding carboxylic acids is 3. The van der Waals surface area contributed by atoms with Crippen molar-refractivity contribution < 1.29 is 18.8 Å². The van der Waals surface area contributed by atoms with Gasteiger partial charge < -0.3 is 9.80 Å². The van der Waals surface area contributed by atoms with Gasteiger partial charge >= 0.3 is 6.03 Å². The summed E-state index contributed by atoms with van der Waals surface area (Å²) in [4.78, 5) is 43.0. The largest absolute Gasteiger partial charge is 0.338 e. The van der Waals surface area contributed by atoms with Gasteiger partial charge in [0.1, 0.15) is 11.4 Å². The molecule has 27 heavy (non-hydrogen) atoms. The lowest BCUT2D eigenvalue weighted by Gasteiger charge is -2.42. The number of likely N-dealkylation sites (N-methyl/N-ethyl adjacent to an activating group) is 1. The van der Waals surface area contributed by atoms with E-state index < -0.39 is 11.4 Å². The number of hydrogen-bond acceptors (Lipinski definition) is 3. The second-order valence-electron chi connectivity index (χ2n) is 7.64. The summed E-state index contributed by atoms with van der Waals surface area (Å²) in [5.74, 6) is -0.863. The van der Waals surface area contributed by atoms with Crippen molar-refractivity contribution in [1.82, 2.24) is 14.7 Å². The van der Waals surface area contributed by atoms with Crippen molar-refractivity contribution in [2.75, 3.05) is 26.2 Å². The minimum Gasteiger partial charge on any atom is -0.338 e. The van der Waals surface area contributed by atoms with E-state index in [-0.39, 0.29) is 29.3 Å². The lowest BCUT2D eigenvalue weighted by Crippen LogP contribution is -2.58. The molecule has 2 fully saturated rings. The van der Waals surface area contributed by atoms with Crippen LogP contribution in [0.25, 0.3) is 0 Å². The molecule has 2 saturated heterocycles. The van der Waals surface area contributed by atoms with Gasteiger partial charge in [0.25, 0.3) is 11.8 Å². The molecule has 0 unspecified atom stereocenters. The van der Waals surface area contributed by atoms with E-state index in [1.165, 1.54) is 17.0 Å². The molecule has 0 saturated carbocycles. The number of hydrogen-bond donors (Lipinski definition) is 0. The average molecular weight is 375 g/mol. The van der Waals surface area contributed by atoms with E-state index in [1.807, 2.05) is 13.8 Å². The van der Waals surface area contributed by atoms with Crippen LogP contribution >= 0.6 is 0 Å². The van der Waals surface area contributed by atoms with Crippen molar-refractivity contribution in [3.8, 4) is 0 Å². The smallest absolute Gasteiger partial charge is 0.327 e. The zero-order valence-electron chi connectivity index (χ0n) is 16.1. The summed E-state index contributed by atoms with van der Waals surface area (Å²) < 4.78 is 13.9. The Labute approximate surface area is 158 Å². The highest BCUT2D eigenvalue weighted by molar-refractivity contribution is 6.07. The summed E-state index contributed by atoms with van der Waals surface area (Å²) in [6.07, 6.45) is 0.752. The van der Waals surface area contributed by atoms with Crippen LogP contribution in [0.5, 0.6) is 0 Å². The van der Waals surface area contributed by atoms with Gasteiger partial charge in [0, 0.05) is 26.2 Å². The first-order valence-corrected chi connectivity index (χ1v) is 9.49. The van der Waals surface area contributed by atoms with Crippen LogP contribution in [-0.2, 0) is 4.79 Å². The second kappa shape index (κ2) is 7.29. The Balaban J connectivity index is 1.81. The van der Waals surface area contributed by atoms with Crippen molar-refractivity contribution in [3.05, 3.63) is 35.6 Å². The molecule has 0 N–H and O–H groups in total. The predicted octanol–water partition coefficient (Wildman–Crippen LogP) is 2.74. The number of likely N-dealkylation sites (tertiary alicyclic amines) is 1. The van der Waals surface area contributed by atoms with Crippen LogP contribution in [0.1, 0.15) is 44.0 Å². The van der Waals surface area contributed by atoms with E-state index in [9.17, 15) is 18.8 Å². The molecule has 0 aliphatic carbocycles. The average Bonchev–Trinajstić information content (AvgIpc) is 2.83. The quantitative estimate of drug-likeness (QED) is 0.761. The molecule has 0 bridgehead atoms. The molecule has 2 heterocycles. The first kappa shape index (κ1) is 19.3. The molecule has 4 amide bonds. The minimum atomic E-state index is -0.886. The fraction of sp³-hybridized carbons (Fsp3) is 0.550. The molecule has 146 valence electrons. The monoisotopic (exact) mass is 375 g/mol. The molecule has 3 rings (SSSR count). The lowest BCUT2D eigenvalue weighted by molar-refractivity contribution is -0.135. The predicted molar refractivity (Wildman–Crippen MR) is 98.6 cm³/mol. The molecule has 1 aromatic rings. The highest BCUT2D eigenvalue weighted by Gasteiger charge is 2.57. The maximum absolute atomic E-state index is 13.9. The van der Waals surface area contributed by atoms with Crippen LogP contribution in [-0.4, -0.2) is 64.3 Å². The van der Waals surface area contributed by atoms with Crippen LogP contribution in [0.4, 0.5) is 9.18 Å². The van der Waals surface area contributed by atoms with E-state index in [1.54, 1.807) is 28.9 Å². The molecule has 1 spiro atoms. The van der Waals surface area contributed by atoms with Crippen molar-refractivity contribution in [2.45, 2.75) is 39.2 Å². The van der Waals surface area contributed by atoms with Gasteiger partial charge in [-0.05, 0) is 37.8 Å². The van der Waals surface area contributed by atoms with Gasteiger partial charge in [0.2, 0.25) is 0 Å². The van der Waals surface area contributed by atoms with Crippen molar-refractivity contribution >= 4 is 17.8 Å². The maximum atomic E-state index is 13.9. The Hall–Kier alpha value is -2.44. The van der Waals surface area contributed by atoms with Crippen LogP contribution in [0.3, 0.4) is 0 Å². The highest BCUT2D eigenvalue weighted by Crippen LogP contribution is 2.38. The third kappa shape index (κ3) is 3.19. The summed E-state index contributed by atoms with van der Waals surface area (Å²) in [6.45, 7) is 7.29. The first-order chi connectivity index (χ1) is 12.8. The Kier molecular flexibility index (Phi) is 5.22. The van der Waals surface area contributed by atoms with Gasteiger partial charge in [-0.2, -0.15) is 0 Å². The van der Waals surface area contributed by atoms with Gasteiger partial charge in [-0.3, -0.25) is 14.5 Å². The van der Waals surface area contributed by atoms with Gasteiger partial charge in [0.15, 0.2) is 0 Å². The number of nitrogens with zero attached hydrogens (tertiary/aromatic N) is 3. The minimum absolute atomic E-state index is 0.0384. The molecular formula is C20H26FN3O3. The molecular weight excluding hydrogens is 349 g/mol. The molecule has 7 heteroatoms. The molecule has 0 radical (unpaired) electrons. The summed E-state index contributed by atoms with van der Waals surface area (Å²) in [7, 11) is 0. The van der Waals surface area contributed by atoms with Gasteiger partial charge in [-0.25, -0.2) is 9.18 Å². The lowest BCUT2D eigenvalue weighted by atomic mass is 9.85. The zero-order chi connectivity index (χ0) is 19.8. The third-order valence-electron chi connectivity index (χ3n) is 5.47. The number of carbonyl (C=O) groups is 3. The fourth-order valence-electron chi connectivity index (χ4n) is 4.05. The maximum Gasteiger partial charge on any atom is 0.327 e. The van der Waals surface area contributed by atoms with Crippen LogP contribution in [0.15, 0.2) is 24.3 Å². The van der Waals surface area contributed by atoms with E-state index in [4.69, 9.17) is 0 Å². The third-order valence-corrected chi connectivity index (χ3v) is 5.47. The summed E-state index contributed by atoms with van der Waals surface area (Å²) in [5.41, 5.74) is -0.847. The number of rotatable bonds is 4. The zero-order valence-corrected chi connectivity index (χ0v) is 16.1. The van der Waals surface area contributed by atoms with Crippen molar-refractivity contribution in [3.63, 3.8) is 0 Å². The Morgan fingerprint density at radius 1 is 1.19 bits per heavy atom. The normalized spacial score (nSPS) is 19.5. The molecule has 2 aliphatic rings. The number of halogens is 1. The first-order valence-electron chi connectivity index (χ1n) is 9.49. The van der Waals surface area contributed by atoms with E-state index >= 15 is 0 Å². The van der Waals surface area contributed by atoms with E-state index in [0.29, 0.717) is 39.0 Å². The Bertz CT molecular complexity index is 757. The Morgan fingerprint density at radius 3 is 2.37 bits per heavy atom. The summed E-state index contributed by atoms with van der Waals surface area (Å²) in [6, 6.07) is 5.66. The summed E-state index contributed by atoms with van der Waals surface area (Å²) in [5, 5.41) is 0. The van der Waals surface area contributed by atoms with Crippen molar-refractivity contribution in [1.29, 1.82) is 0 Å². The van der Waals surface area contributed by atoms with Crippen LogP contribution in [0, 0.1) is 11.7 Å². The van der Waals surface area contributed by atoms with Gasteiger partial charge in [0.05, 0.1) is 5.56 Å². The molecule has 2 aliphatic heterocycles. The number of piperidine rings is 1. The summed E-state index contributed by atoms with van der Waals surface area (Å²) >= 11 is 0. The molecule has 6 nitrogen and oxygen atoms in total. The van der Waals surface area contributed by atoms with E-state index in [2.05, 4.69) is 0 Å². The second-order valence-corrected chi connectivity index (χ2v) is 7.64. The number of urea groups is 1. The van der Waals surface area contributed by atoms with E-state index in [0.717, 1.165) is 0 Å². The Morgan fingerprint density at radius 2 is 1.81 bits per heavy atom. The van der Waals surface area contributed by atoms with Gasteiger partial charge in [-0.15, -0.1) is 0 Å². The molecule has 0 atom stereocenters. The molecule has 1 aromatic carbocycles. The fourth-order valence-corrected chi connectivity index (χ4v) is 4.05. The SMILES string of the molecule is CCN1C(=O)N(CC(C)C)C2(CCN(C(=O)c3ccccc3F)CC2)C1=O. The standard InChI is InChI=1S/C20H26FN3O3/c1-4-23-18(26)20(24(19(23)27)13-14(2)3)9-11-22(12-10-20)17(25)15-7-5-6-8-16(15)21/h5-8,14H,4,9-13H2,1-3H3. The number of benzene rings is 1. The number of imide groups is 1. The highest BCUT2D eigenvalue weighted by atomic mass is 19.1.